The van der Waals surface area contributed by atoms with Crippen molar-refractivity contribution in [3.8, 4) is 0 Å². The first kappa shape index (κ1) is 18.3. The number of amides is 1. The number of carboxylic acids is 1. The molecule has 0 aliphatic carbocycles. The largest absolute Gasteiger partial charge is 0.480 e. The molecule has 1 aromatic rings. The maximum absolute atomic E-state index is 12.7. The van der Waals surface area contributed by atoms with Crippen molar-refractivity contribution in [3.63, 3.8) is 0 Å². The number of aliphatic carboxylic acids is 1. The third-order valence-corrected chi connectivity index (χ3v) is 3.88. The van der Waals surface area contributed by atoms with Gasteiger partial charge in [0.2, 0.25) is 5.91 Å². The summed E-state index contributed by atoms with van der Waals surface area (Å²) in [6.45, 7) is -1.30. The summed E-state index contributed by atoms with van der Waals surface area (Å²) in [6.07, 6.45) is -3.39. The number of alkyl halides is 3. The molecule has 132 valence electrons. The van der Waals surface area contributed by atoms with Crippen LogP contribution in [-0.4, -0.2) is 54.2 Å². The summed E-state index contributed by atoms with van der Waals surface area (Å²) in [5.74, 6) is -2.26. The minimum atomic E-state index is -4.31. The Hall–Kier alpha value is -2.09. The number of hydrogen-bond donors (Lipinski definition) is 1. The Bertz CT molecular complexity index is 578. The molecule has 1 amide bonds. The highest BCUT2D eigenvalue weighted by Gasteiger charge is 2.36. The number of rotatable bonds is 5. The molecule has 8 heteroatoms. The molecule has 0 spiro atoms. The van der Waals surface area contributed by atoms with E-state index in [9.17, 15) is 22.8 Å². The van der Waals surface area contributed by atoms with Crippen LogP contribution in [0.25, 0.3) is 0 Å². The minimum absolute atomic E-state index is 0.0126. The van der Waals surface area contributed by atoms with Crippen LogP contribution in [0, 0.1) is 5.92 Å². The van der Waals surface area contributed by atoms with Crippen molar-refractivity contribution in [2.45, 2.75) is 19.0 Å². The van der Waals surface area contributed by atoms with Crippen molar-refractivity contribution in [2.24, 2.45) is 5.92 Å². The SMILES string of the molecule is O=C(O)CN(C(=O)C1CCCN(CC(F)(F)F)C1)c1ccccc1. The number of benzene rings is 1. The number of anilines is 1. The standard InChI is InChI=1S/C16H19F3N2O3/c17-16(18,19)11-20-8-4-5-12(9-20)15(24)21(10-14(22)23)13-6-2-1-3-7-13/h1-3,6-7,12H,4-5,8-11H2,(H,22,23). The van der Waals surface area contributed by atoms with Crippen LogP contribution in [0.2, 0.25) is 0 Å². The molecule has 24 heavy (non-hydrogen) atoms. The van der Waals surface area contributed by atoms with Gasteiger partial charge in [0.1, 0.15) is 6.54 Å². The fourth-order valence-electron chi connectivity index (χ4n) is 2.91. The van der Waals surface area contributed by atoms with Crippen LogP contribution >= 0.6 is 0 Å². The van der Waals surface area contributed by atoms with Gasteiger partial charge in [0.25, 0.3) is 0 Å². The number of halogens is 3. The van der Waals surface area contributed by atoms with Crippen LogP contribution in [0.1, 0.15) is 12.8 Å². The molecular formula is C16H19F3N2O3. The molecule has 0 aromatic heterocycles. The molecule has 2 rings (SSSR count). The van der Waals surface area contributed by atoms with E-state index in [1.807, 2.05) is 0 Å². The summed E-state index contributed by atoms with van der Waals surface area (Å²) in [7, 11) is 0. The molecule has 1 atom stereocenters. The fourth-order valence-corrected chi connectivity index (χ4v) is 2.91. The molecule has 1 heterocycles. The highest BCUT2D eigenvalue weighted by molar-refractivity contribution is 5.98. The third-order valence-electron chi connectivity index (χ3n) is 3.88. The van der Waals surface area contributed by atoms with Crippen molar-refractivity contribution in [1.29, 1.82) is 0 Å². The first-order valence-electron chi connectivity index (χ1n) is 7.63. The summed E-state index contributed by atoms with van der Waals surface area (Å²) in [4.78, 5) is 26.1. The molecular weight excluding hydrogens is 325 g/mol. The van der Waals surface area contributed by atoms with Gasteiger partial charge >= 0.3 is 12.1 Å². The maximum Gasteiger partial charge on any atom is 0.401 e. The van der Waals surface area contributed by atoms with Crippen molar-refractivity contribution in [3.05, 3.63) is 30.3 Å². The highest BCUT2D eigenvalue weighted by Crippen LogP contribution is 2.25. The molecule has 5 nitrogen and oxygen atoms in total. The summed E-state index contributed by atoms with van der Waals surface area (Å²) in [5.41, 5.74) is 0.429. The predicted molar refractivity (Wildman–Crippen MR) is 81.6 cm³/mol. The summed E-state index contributed by atoms with van der Waals surface area (Å²) in [5, 5.41) is 9.04. The van der Waals surface area contributed by atoms with E-state index >= 15 is 0 Å². The number of hydrogen-bond acceptors (Lipinski definition) is 3. The Balaban J connectivity index is 2.12. The summed E-state index contributed by atoms with van der Waals surface area (Å²) >= 11 is 0. The van der Waals surface area contributed by atoms with Crippen LogP contribution in [0.5, 0.6) is 0 Å². The predicted octanol–water partition coefficient (Wildman–Crippen LogP) is 2.38. The normalized spacial score (nSPS) is 19.0. The smallest absolute Gasteiger partial charge is 0.401 e. The lowest BCUT2D eigenvalue weighted by Crippen LogP contribution is -2.48. The average molecular weight is 344 g/mol. The Labute approximate surface area is 137 Å². The van der Waals surface area contributed by atoms with E-state index in [0.29, 0.717) is 18.5 Å². The number of likely N-dealkylation sites (tertiary alicyclic amines) is 1. The molecule has 0 saturated carbocycles. The second kappa shape index (κ2) is 7.65. The third kappa shape index (κ3) is 5.23. The Morgan fingerprint density at radius 2 is 1.92 bits per heavy atom. The van der Waals surface area contributed by atoms with Gasteiger partial charge in [-0.2, -0.15) is 13.2 Å². The van der Waals surface area contributed by atoms with E-state index < -0.39 is 37.1 Å². The molecule has 0 radical (unpaired) electrons. The molecule has 1 saturated heterocycles. The number of carboxylic acid groups (broad SMARTS) is 1. The molecule has 1 fully saturated rings. The lowest BCUT2D eigenvalue weighted by molar-refractivity contribution is -0.151. The van der Waals surface area contributed by atoms with Crippen LogP contribution in [0.4, 0.5) is 18.9 Å². The monoisotopic (exact) mass is 344 g/mol. The van der Waals surface area contributed by atoms with Crippen LogP contribution in [-0.2, 0) is 9.59 Å². The number of para-hydroxylation sites is 1. The lowest BCUT2D eigenvalue weighted by atomic mass is 9.96. The Kier molecular flexibility index (Phi) is 5.82. The fraction of sp³-hybridized carbons (Fsp3) is 0.500. The first-order chi connectivity index (χ1) is 11.3. The van der Waals surface area contributed by atoms with Gasteiger partial charge in [0.05, 0.1) is 12.5 Å². The van der Waals surface area contributed by atoms with Crippen LogP contribution in [0.3, 0.4) is 0 Å². The van der Waals surface area contributed by atoms with Crippen molar-refractivity contribution < 1.29 is 27.9 Å². The van der Waals surface area contributed by atoms with E-state index in [4.69, 9.17) is 5.11 Å². The minimum Gasteiger partial charge on any atom is -0.480 e. The quantitative estimate of drug-likeness (QED) is 0.891. The first-order valence-corrected chi connectivity index (χ1v) is 7.63. The van der Waals surface area contributed by atoms with E-state index in [0.717, 1.165) is 4.90 Å². The van der Waals surface area contributed by atoms with E-state index in [2.05, 4.69) is 0 Å². The number of carbonyl (C=O) groups is 2. The van der Waals surface area contributed by atoms with E-state index in [1.54, 1.807) is 30.3 Å². The molecule has 1 aliphatic heterocycles. The Morgan fingerprint density at radius 3 is 2.50 bits per heavy atom. The van der Waals surface area contributed by atoms with Gasteiger partial charge in [-0.1, -0.05) is 18.2 Å². The van der Waals surface area contributed by atoms with Gasteiger partial charge < -0.3 is 10.0 Å². The topological polar surface area (TPSA) is 60.9 Å². The molecule has 1 aliphatic rings. The van der Waals surface area contributed by atoms with Gasteiger partial charge in [-0.3, -0.25) is 14.5 Å². The zero-order valence-electron chi connectivity index (χ0n) is 13.0. The highest BCUT2D eigenvalue weighted by atomic mass is 19.4. The second-order valence-corrected chi connectivity index (χ2v) is 5.84. The van der Waals surface area contributed by atoms with Crippen molar-refractivity contribution in [2.75, 3.05) is 31.1 Å². The van der Waals surface area contributed by atoms with Gasteiger partial charge in [-0.25, -0.2) is 0 Å². The summed E-state index contributed by atoms with van der Waals surface area (Å²) < 4.78 is 37.6. The van der Waals surface area contributed by atoms with Gasteiger partial charge in [-0.15, -0.1) is 0 Å². The zero-order valence-corrected chi connectivity index (χ0v) is 13.0. The van der Waals surface area contributed by atoms with Crippen molar-refractivity contribution >= 4 is 17.6 Å². The average Bonchev–Trinajstić information content (AvgIpc) is 2.51. The van der Waals surface area contributed by atoms with Gasteiger partial charge in [0, 0.05) is 12.2 Å². The van der Waals surface area contributed by atoms with Crippen LogP contribution in [0.15, 0.2) is 30.3 Å². The molecule has 0 bridgehead atoms. The number of carbonyl (C=O) groups excluding carboxylic acids is 1. The Morgan fingerprint density at radius 1 is 1.25 bits per heavy atom. The second-order valence-electron chi connectivity index (χ2n) is 5.84. The van der Waals surface area contributed by atoms with E-state index in [-0.39, 0.29) is 13.1 Å². The van der Waals surface area contributed by atoms with Gasteiger partial charge in [-0.05, 0) is 31.5 Å². The lowest BCUT2D eigenvalue weighted by Gasteiger charge is -2.34. The van der Waals surface area contributed by atoms with Crippen molar-refractivity contribution in [1.82, 2.24) is 4.90 Å². The number of nitrogens with zero attached hydrogens (tertiary/aromatic N) is 2. The molecule has 1 unspecified atom stereocenters. The molecule has 1 N–H and O–H groups in total. The van der Waals surface area contributed by atoms with Crippen LogP contribution < -0.4 is 4.90 Å². The maximum atomic E-state index is 12.7. The number of piperidine rings is 1. The van der Waals surface area contributed by atoms with Gasteiger partial charge in [0.15, 0.2) is 0 Å². The summed E-state index contributed by atoms with van der Waals surface area (Å²) in [6, 6.07) is 8.30. The molecule has 1 aromatic carbocycles. The zero-order chi connectivity index (χ0) is 17.7. The van der Waals surface area contributed by atoms with E-state index in [1.165, 1.54) is 4.90 Å².